The molecule has 1 atom stereocenters. The van der Waals surface area contributed by atoms with E-state index in [1.807, 2.05) is 23.1 Å². The second-order valence-electron chi connectivity index (χ2n) is 8.20. The first-order valence-corrected chi connectivity index (χ1v) is 10.7. The van der Waals surface area contributed by atoms with Crippen molar-refractivity contribution in [3.05, 3.63) is 47.7 Å². The summed E-state index contributed by atoms with van der Waals surface area (Å²) >= 11 is 0. The molecule has 0 bridgehead atoms. The van der Waals surface area contributed by atoms with Crippen molar-refractivity contribution in [2.45, 2.75) is 32.4 Å². The minimum absolute atomic E-state index is 0.105. The average Bonchev–Trinajstić information content (AvgIpc) is 3.21. The third kappa shape index (κ3) is 3.49. The second kappa shape index (κ2) is 7.96. The number of anilines is 2. The van der Waals surface area contributed by atoms with Gasteiger partial charge in [-0.25, -0.2) is 15.0 Å². The molecule has 31 heavy (non-hydrogen) atoms. The quantitative estimate of drug-likeness (QED) is 0.668. The maximum absolute atomic E-state index is 9.79. The van der Waals surface area contributed by atoms with Gasteiger partial charge in [-0.2, -0.15) is 10.4 Å². The number of nitrogens with one attached hydrogen (secondary N) is 2. The van der Waals surface area contributed by atoms with Crippen molar-refractivity contribution in [2.24, 2.45) is 0 Å². The zero-order chi connectivity index (χ0) is 21.4. The molecule has 0 radical (unpaired) electrons. The number of nitrogens with zero attached hydrogens (tertiary/aromatic N) is 7. The van der Waals surface area contributed by atoms with Gasteiger partial charge in [-0.3, -0.25) is 4.68 Å². The van der Waals surface area contributed by atoms with Gasteiger partial charge < -0.3 is 15.5 Å². The molecule has 1 aliphatic heterocycles. The zero-order valence-electron chi connectivity index (χ0n) is 17.7. The molecule has 3 aromatic rings. The van der Waals surface area contributed by atoms with Crippen LogP contribution < -0.4 is 15.5 Å². The highest BCUT2D eigenvalue weighted by Crippen LogP contribution is 2.41. The smallest absolute Gasteiger partial charge is 0.168 e. The Balaban J connectivity index is 1.49. The first-order valence-electron chi connectivity index (χ1n) is 10.7. The molecule has 5 rings (SSSR count). The second-order valence-corrected chi connectivity index (χ2v) is 8.20. The van der Waals surface area contributed by atoms with Crippen molar-refractivity contribution in [3.63, 3.8) is 0 Å². The Bertz CT molecular complexity index is 1120. The summed E-state index contributed by atoms with van der Waals surface area (Å²) < 4.78 is 1.90. The maximum atomic E-state index is 9.79. The van der Waals surface area contributed by atoms with Gasteiger partial charge in [-0.15, -0.1) is 0 Å². The van der Waals surface area contributed by atoms with Crippen LogP contribution in [-0.4, -0.2) is 50.9 Å². The van der Waals surface area contributed by atoms with E-state index in [2.05, 4.69) is 61.6 Å². The molecule has 2 aliphatic rings. The Morgan fingerprint density at radius 3 is 2.74 bits per heavy atom. The molecule has 1 aliphatic carbocycles. The van der Waals surface area contributed by atoms with E-state index in [0.717, 1.165) is 60.2 Å². The number of pyridine rings is 1. The highest BCUT2D eigenvalue weighted by molar-refractivity contribution is 5.70. The Morgan fingerprint density at radius 2 is 2.03 bits per heavy atom. The Hall–Kier alpha value is -3.51. The van der Waals surface area contributed by atoms with E-state index < -0.39 is 0 Å². The van der Waals surface area contributed by atoms with E-state index in [9.17, 15) is 5.26 Å². The van der Waals surface area contributed by atoms with E-state index in [1.165, 1.54) is 0 Å². The van der Waals surface area contributed by atoms with Crippen LogP contribution in [0.25, 0.3) is 11.4 Å². The van der Waals surface area contributed by atoms with Gasteiger partial charge in [0.1, 0.15) is 18.2 Å². The predicted octanol–water partition coefficient (Wildman–Crippen LogP) is 2.31. The molecule has 9 heteroatoms. The van der Waals surface area contributed by atoms with Crippen LogP contribution in [0.15, 0.2) is 30.9 Å². The maximum Gasteiger partial charge on any atom is 0.168 e. The van der Waals surface area contributed by atoms with Crippen molar-refractivity contribution in [1.82, 2.24) is 30.0 Å². The Morgan fingerprint density at radius 1 is 1.19 bits per heavy atom. The number of nitriles is 1. The van der Waals surface area contributed by atoms with Gasteiger partial charge in [0.2, 0.25) is 0 Å². The molecule has 1 fully saturated rings. The molecule has 2 N–H and O–H groups in total. The number of fused-ring (bicyclic) bond motifs is 3. The van der Waals surface area contributed by atoms with Crippen LogP contribution in [0, 0.1) is 11.3 Å². The molecule has 1 unspecified atom stereocenters. The van der Waals surface area contributed by atoms with E-state index in [-0.39, 0.29) is 12.1 Å². The summed E-state index contributed by atoms with van der Waals surface area (Å²) in [5, 5.41) is 21.3. The van der Waals surface area contributed by atoms with Crippen LogP contribution in [0.2, 0.25) is 0 Å². The Labute approximate surface area is 181 Å². The summed E-state index contributed by atoms with van der Waals surface area (Å²) in [6.07, 6.45) is 5.99. The molecular weight excluding hydrogens is 390 g/mol. The van der Waals surface area contributed by atoms with Gasteiger partial charge >= 0.3 is 0 Å². The third-order valence-electron chi connectivity index (χ3n) is 5.88. The van der Waals surface area contributed by atoms with Crippen LogP contribution in [0.5, 0.6) is 0 Å². The number of piperazine rings is 1. The average molecular weight is 416 g/mol. The normalized spacial score (nSPS) is 17.7. The fraction of sp³-hybridized carbons (Fsp3) is 0.409. The molecule has 9 nitrogen and oxygen atoms in total. The van der Waals surface area contributed by atoms with Gasteiger partial charge in [0, 0.05) is 56.0 Å². The number of aromatic nitrogens is 5. The molecule has 0 saturated carbocycles. The molecule has 0 aromatic carbocycles. The number of hydrogen-bond donors (Lipinski definition) is 2. The minimum atomic E-state index is -0.131. The SMILES string of the molecule is CC(C)n1nc(C#N)c2c1-c1ncncc1CC2Nc1ccc(N2CCNCC2)cn1. The fourth-order valence-electron chi connectivity index (χ4n) is 4.40. The summed E-state index contributed by atoms with van der Waals surface area (Å²) in [6, 6.07) is 6.36. The summed E-state index contributed by atoms with van der Waals surface area (Å²) in [5.41, 5.74) is 5.23. The fourth-order valence-corrected chi connectivity index (χ4v) is 4.40. The standard InChI is InChI=1S/C22H25N9/c1-14(2)31-22-20(18(10-23)29-31)17(9-15-11-25-13-27-21(15)22)28-19-4-3-16(12-26-19)30-7-5-24-6-8-30/h3-4,11-14,17,24H,5-9H2,1-2H3,(H,26,28). The molecule has 3 aromatic heterocycles. The van der Waals surface area contributed by atoms with Crippen LogP contribution in [0.4, 0.5) is 11.5 Å². The number of rotatable bonds is 4. The first kappa shape index (κ1) is 19.5. The van der Waals surface area contributed by atoms with Crippen molar-refractivity contribution in [1.29, 1.82) is 5.26 Å². The van der Waals surface area contributed by atoms with Crippen molar-refractivity contribution < 1.29 is 0 Å². The highest BCUT2D eigenvalue weighted by atomic mass is 15.3. The van der Waals surface area contributed by atoms with E-state index in [0.29, 0.717) is 12.1 Å². The topological polar surface area (TPSA) is 108 Å². The molecule has 158 valence electrons. The van der Waals surface area contributed by atoms with Crippen molar-refractivity contribution in [3.8, 4) is 17.5 Å². The number of hydrogen-bond acceptors (Lipinski definition) is 8. The van der Waals surface area contributed by atoms with E-state index in [4.69, 9.17) is 0 Å². The highest BCUT2D eigenvalue weighted by Gasteiger charge is 2.34. The van der Waals surface area contributed by atoms with Crippen LogP contribution >= 0.6 is 0 Å². The van der Waals surface area contributed by atoms with Crippen molar-refractivity contribution >= 4 is 11.5 Å². The van der Waals surface area contributed by atoms with Crippen molar-refractivity contribution in [2.75, 3.05) is 36.4 Å². The lowest BCUT2D eigenvalue weighted by Crippen LogP contribution is -2.43. The summed E-state index contributed by atoms with van der Waals surface area (Å²) in [7, 11) is 0. The van der Waals surface area contributed by atoms with E-state index >= 15 is 0 Å². The lowest BCUT2D eigenvalue weighted by molar-refractivity contribution is 0.534. The van der Waals surface area contributed by atoms with Crippen LogP contribution in [0.1, 0.15) is 42.8 Å². The molecule has 4 heterocycles. The third-order valence-corrected chi connectivity index (χ3v) is 5.88. The lowest BCUT2D eigenvalue weighted by Gasteiger charge is -2.29. The van der Waals surface area contributed by atoms with Crippen LogP contribution in [-0.2, 0) is 6.42 Å². The largest absolute Gasteiger partial charge is 0.368 e. The summed E-state index contributed by atoms with van der Waals surface area (Å²) in [6.45, 7) is 8.06. The molecule has 0 amide bonds. The minimum Gasteiger partial charge on any atom is -0.368 e. The van der Waals surface area contributed by atoms with Crippen LogP contribution in [0.3, 0.4) is 0 Å². The molecule has 0 spiro atoms. The summed E-state index contributed by atoms with van der Waals surface area (Å²) in [5.74, 6) is 0.774. The van der Waals surface area contributed by atoms with Gasteiger partial charge in [0.25, 0.3) is 0 Å². The molecule has 1 saturated heterocycles. The van der Waals surface area contributed by atoms with Gasteiger partial charge in [-0.1, -0.05) is 0 Å². The van der Waals surface area contributed by atoms with E-state index in [1.54, 1.807) is 6.33 Å². The summed E-state index contributed by atoms with van der Waals surface area (Å²) in [4.78, 5) is 15.7. The zero-order valence-corrected chi connectivity index (χ0v) is 17.7. The van der Waals surface area contributed by atoms with Gasteiger partial charge in [-0.05, 0) is 26.0 Å². The molecular formula is C22H25N9. The first-order chi connectivity index (χ1) is 15.2. The van der Waals surface area contributed by atoms with Gasteiger partial charge in [0.15, 0.2) is 5.69 Å². The Kier molecular flexibility index (Phi) is 5.00. The lowest BCUT2D eigenvalue weighted by atomic mass is 9.88. The predicted molar refractivity (Wildman–Crippen MR) is 118 cm³/mol. The monoisotopic (exact) mass is 415 g/mol. The van der Waals surface area contributed by atoms with Gasteiger partial charge in [0.05, 0.1) is 29.3 Å².